The van der Waals surface area contributed by atoms with Crippen molar-refractivity contribution in [3.63, 3.8) is 0 Å². The van der Waals surface area contributed by atoms with Crippen LogP contribution in [0.25, 0.3) is 0 Å². The van der Waals surface area contributed by atoms with Crippen molar-refractivity contribution in [3.8, 4) is 0 Å². The first kappa shape index (κ1) is 17.1. The standard InChI is InChI=1S/C17H16N2O5/c1-11(20)13-7-3-4-8-14(13)18-16(21)12(2)24-17(22)15-9-5-6-10-19(15)23/h3-10,12H,1-2H3,(H,18,21)/t12-/m0/s1. The molecule has 124 valence electrons. The molecule has 0 saturated carbocycles. The first-order valence-corrected chi connectivity index (χ1v) is 7.20. The lowest BCUT2D eigenvalue weighted by atomic mass is 10.1. The fourth-order valence-electron chi connectivity index (χ4n) is 1.99. The maximum absolute atomic E-state index is 12.2. The number of para-hydroxylation sites is 1. The molecule has 7 heteroatoms. The maximum Gasteiger partial charge on any atom is 0.405 e. The fraction of sp³-hybridized carbons (Fsp3) is 0.176. The molecule has 2 rings (SSSR count). The van der Waals surface area contributed by atoms with E-state index in [-0.39, 0.29) is 11.5 Å². The first-order chi connectivity index (χ1) is 11.4. The number of pyridine rings is 1. The van der Waals surface area contributed by atoms with Gasteiger partial charge in [0.15, 0.2) is 18.1 Å². The Labute approximate surface area is 138 Å². The van der Waals surface area contributed by atoms with E-state index in [4.69, 9.17) is 4.74 Å². The summed E-state index contributed by atoms with van der Waals surface area (Å²) in [5.74, 6) is -1.72. The number of benzene rings is 1. The summed E-state index contributed by atoms with van der Waals surface area (Å²) in [5.41, 5.74) is 0.461. The number of ether oxygens (including phenoxy) is 1. The van der Waals surface area contributed by atoms with Gasteiger partial charge in [-0.1, -0.05) is 12.1 Å². The molecule has 7 nitrogen and oxygen atoms in total. The number of nitrogens with zero attached hydrogens (tertiary/aromatic N) is 1. The van der Waals surface area contributed by atoms with Crippen molar-refractivity contribution in [2.45, 2.75) is 20.0 Å². The number of carbonyl (C=O) groups excluding carboxylic acids is 3. The highest BCUT2D eigenvalue weighted by molar-refractivity contribution is 6.05. The molecule has 1 amide bonds. The molecule has 0 radical (unpaired) electrons. The smallest absolute Gasteiger partial charge is 0.405 e. The lowest BCUT2D eigenvalue weighted by molar-refractivity contribution is -0.608. The van der Waals surface area contributed by atoms with Crippen LogP contribution < -0.4 is 10.0 Å². The van der Waals surface area contributed by atoms with Gasteiger partial charge in [-0.15, -0.1) is 0 Å². The van der Waals surface area contributed by atoms with Gasteiger partial charge in [-0.2, -0.15) is 4.73 Å². The number of carbonyl (C=O) groups is 3. The van der Waals surface area contributed by atoms with Crippen molar-refractivity contribution in [2.24, 2.45) is 0 Å². The van der Waals surface area contributed by atoms with Gasteiger partial charge in [-0.3, -0.25) is 9.59 Å². The lowest BCUT2D eigenvalue weighted by Gasteiger charge is -2.14. The van der Waals surface area contributed by atoms with Crippen LogP contribution in [0.15, 0.2) is 48.7 Å². The van der Waals surface area contributed by atoms with Crippen LogP contribution in [0.5, 0.6) is 0 Å². The third-order valence-corrected chi connectivity index (χ3v) is 3.25. The maximum atomic E-state index is 12.2. The van der Waals surface area contributed by atoms with E-state index < -0.39 is 18.0 Å². The number of hydrogen-bond acceptors (Lipinski definition) is 5. The molecule has 0 unspecified atom stereocenters. The van der Waals surface area contributed by atoms with Crippen LogP contribution in [0.4, 0.5) is 5.69 Å². The van der Waals surface area contributed by atoms with Crippen LogP contribution >= 0.6 is 0 Å². The van der Waals surface area contributed by atoms with Crippen LogP contribution in [0, 0.1) is 5.21 Å². The Balaban J connectivity index is 2.07. The molecule has 0 bridgehead atoms. The van der Waals surface area contributed by atoms with E-state index in [0.717, 1.165) is 6.20 Å². The molecule has 0 fully saturated rings. The first-order valence-electron chi connectivity index (χ1n) is 7.20. The van der Waals surface area contributed by atoms with Gasteiger partial charge in [0.25, 0.3) is 5.91 Å². The molecule has 0 aliphatic heterocycles. The minimum absolute atomic E-state index is 0.202. The lowest BCUT2D eigenvalue weighted by Crippen LogP contribution is -2.37. The molecule has 24 heavy (non-hydrogen) atoms. The van der Waals surface area contributed by atoms with Crippen molar-refractivity contribution in [1.82, 2.24) is 0 Å². The Bertz CT molecular complexity index is 788. The quantitative estimate of drug-likeness (QED) is 0.390. The van der Waals surface area contributed by atoms with Gasteiger partial charge in [0.1, 0.15) is 0 Å². The number of aromatic nitrogens is 1. The second-order valence-corrected chi connectivity index (χ2v) is 5.05. The Morgan fingerprint density at radius 1 is 1.12 bits per heavy atom. The molecule has 0 aliphatic carbocycles. The van der Waals surface area contributed by atoms with Gasteiger partial charge < -0.3 is 15.3 Å². The predicted molar refractivity (Wildman–Crippen MR) is 85.4 cm³/mol. The zero-order valence-corrected chi connectivity index (χ0v) is 13.2. The third kappa shape index (κ3) is 3.95. The molecule has 2 aromatic rings. The van der Waals surface area contributed by atoms with Crippen molar-refractivity contribution in [2.75, 3.05) is 5.32 Å². The molecule has 1 aromatic heterocycles. The number of amides is 1. The second kappa shape index (κ2) is 7.36. The molecule has 1 atom stereocenters. The summed E-state index contributed by atoms with van der Waals surface area (Å²) in [6.07, 6.45) is 0.0162. The third-order valence-electron chi connectivity index (χ3n) is 3.25. The predicted octanol–water partition coefficient (Wildman–Crippen LogP) is 1.71. The van der Waals surface area contributed by atoms with Crippen LogP contribution in [0.1, 0.15) is 34.7 Å². The summed E-state index contributed by atoms with van der Waals surface area (Å²) in [6, 6.07) is 10.8. The topological polar surface area (TPSA) is 99.4 Å². The largest absolute Gasteiger partial charge is 0.618 e. The van der Waals surface area contributed by atoms with Crippen LogP contribution in [-0.4, -0.2) is 23.8 Å². The van der Waals surface area contributed by atoms with Crippen molar-refractivity contribution in [3.05, 3.63) is 65.1 Å². The monoisotopic (exact) mass is 328 g/mol. The zero-order chi connectivity index (χ0) is 17.7. The number of esters is 1. The summed E-state index contributed by atoms with van der Waals surface area (Å²) in [6.45, 7) is 2.76. The summed E-state index contributed by atoms with van der Waals surface area (Å²) in [4.78, 5) is 35.6. The van der Waals surface area contributed by atoms with Gasteiger partial charge in [0.2, 0.25) is 0 Å². The Morgan fingerprint density at radius 2 is 1.79 bits per heavy atom. The number of rotatable bonds is 5. The SMILES string of the molecule is CC(=O)c1ccccc1NC(=O)[C@H](C)OC(=O)c1cccc[n+]1[O-]. The summed E-state index contributed by atoms with van der Waals surface area (Å²) in [7, 11) is 0. The van der Waals surface area contributed by atoms with Crippen LogP contribution in [0.3, 0.4) is 0 Å². The molecule has 0 spiro atoms. The van der Waals surface area contributed by atoms with E-state index >= 15 is 0 Å². The molecule has 1 aromatic carbocycles. The van der Waals surface area contributed by atoms with Crippen LogP contribution in [-0.2, 0) is 9.53 Å². The summed E-state index contributed by atoms with van der Waals surface area (Å²) >= 11 is 0. The molecule has 0 saturated heterocycles. The van der Waals surface area contributed by atoms with Crippen molar-refractivity contribution < 1.29 is 23.9 Å². The Hall–Kier alpha value is -3.22. The highest BCUT2D eigenvalue weighted by atomic mass is 16.6. The van der Waals surface area contributed by atoms with Gasteiger partial charge in [-0.25, -0.2) is 4.79 Å². The van der Waals surface area contributed by atoms with E-state index in [1.807, 2.05) is 0 Å². The Kier molecular flexibility index (Phi) is 5.26. The number of Topliss-reactive ketones (excluding diaryl/α,β-unsaturated/α-hetero) is 1. The van der Waals surface area contributed by atoms with Crippen molar-refractivity contribution in [1.29, 1.82) is 0 Å². The number of anilines is 1. The molecule has 1 N–H and O–H groups in total. The zero-order valence-electron chi connectivity index (χ0n) is 13.2. The normalized spacial score (nSPS) is 11.4. The minimum atomic E-state index is -1.14. The minimum Gasteiger partial charge on any atom is -0.618 e. The van der Waals surface area contributed by atoms with Crippen LogP contribution in [0.2, 0.25) is 0 Å². The number of hydrogen-bond donors (Lipinski definition) is 1. The van der Waals surface area contributed by atoms with E-state index in [2.05, 4.69) is 5.32 Å². The average Bonchev–Trinajstić information content (AvgIpc) is 2.55. The second-order valence-electron chi connectivity index (χ2n) is 5.05. The van der Waals surface area contributed by atoms with Gasteiger partial charge in [-0.05, 0) is 32.0 Å². The van der Waals surface area contributed by atoms with E-state index in [0.29, 0.717) is 16.0 Å². The van der Waals surface area contributed by atoms with E-state index in [1.165, 1.54) is 32.0 Å². The van der Waals surface area contributed by atoms with Crippen molar-refractivity contribution >= 4 is 23.3 Å². The molecular formula is C17H16N2O5. The number of ketones is 1. The Morgan fingerprint density at radius 3 is 2.46 bits per heavy atom. The summed E-state index contributed by atoms with van der Waals surface area (Å²) in [5, 5.41) is 14.0. The average molecular weight is 328 g/mol. The molecule has 1 heterocycles. The molecular weight excluding hydrogens is 312 g/mol. The fourth-order valence-corrected chi connectivity index (χ4v) is 1.99. The van der Waals surface area contributed by atoms with Gasteiger partial charge in [0.05, 0.1) is 5.69 Å². The van der Waals surface area contributed by atoms with E-state index in [9.17, 15) is 19.6 Å². The number of nitrogens with one attached hydrogen (secondary N) is 1. The van der Waals surface area contributed by atoms with Gasteiger partial charge in [0, 0.05) is 17.7 Å². The summed E-state index contributed by atoms with van der Waals surface area (Å²) < 4.78 is 5.35. The van der Waals surface area contributed by atoms with E-state index in [1.54, 1.807) is 24.3 Å². The highest BCUT2D eigenvalue weighted by Crippen LogP contribution is 2.16. The highest BCUT2D eigenvalue weighted by Gasteiger charge is 2.24. The molecule has 0 aliphatic rings. The van der Waals surface area contributed by atoms with Gasteiger partial charge >= 0.3 is 11.7 Å².